The maximum absolute atomic E-state index is 5.40. The Morgan fingerprint density at radius 1 is 1.67 bits per heavy atom. The van der Waals surface area contributed by atoms with Crippen LogP contribution in [0.3, 0.4) is 0 Å². The predicted molar refractivity (Wildman–Crippen MR) is 37.4 cm³/mol. The summed E-state index contributed by atoms with van der Waals surface area (Å²) in [6.45, 7) is 1.84. The summed E-state index contributed by atoms with van der Waals surface area (Å²) in [6, 6.07) is 0. The molecule has 0 aromatic carbocycles. The van der Waals surface area contributed by atoms with E-state index in [1.807, 2.05) is 6.92 Å². The first-order valence-corrected chi connectivity index (χ1v) is 2.80. The van der Waals surface area contributed by atoms with Crippen LogP contribution in [0.2, 0.25) is 0 Å². The molecule has 9 heavy (non-hydrogen) atoms. The fourth-order valence-corrected chi connectivity index (χ4v) is 0.568. The van der Waals surface area contributed by atoms with Crippen molar-refractivity contribution in [1.29, 1.82) is 0 Å². The standard InChI is InChI=1S/C4H6ClN3.CH4/c1-3-6-4(2-5)8-7-3;/h2H2,1H3,(H,6,7,8);1H4. The van der Waals surface area contributed by atoms with Gasteiger partial charge < -0.3 is 0 Å². The molecule has 0 spiro atoms. The molecule has 1 rings (SSSR count). The number of aromatic nitrogens is 3. The van der Waals surface area contributed by atoms with Crippen LogP contribution in [0.25, 0.3) is 0 Å². The van der Waals surface area contributed by atoms with Gasteiger partial charge in [-0.2, -0.15) is 5.10 Å². The van der Waals surface area contributed by atoms with Gasteiger partial charge in [-0.25, -0.2) is 4.98 Å². The quantitative estimate of drug-likeness (QED) is 0.612. The van der Waals surface area contributed by atoms with Crippen molar-refractivity contribution < 1.29 is 0 Å². The van der Waals surface area contributed by atoms with E-state index in [0.717, 1.165) is 5.82 Å². The van der Waals surface area contributed by atoms with E-state index in [0.29, 0.717) is 11.7 Å². The fraction of sp³-hybridized carbons (Fsp3) is 0.600. The van der Waals surface area contributed by atoms with Gasteiger partial charge in [-0.1, -0.05) is 7.43 Å². The Labute approximate surface area is 59.5 Å². The van der Waals surface area contributed by atoms with Gasteiger partial charge in [0, 0.05) is 0 Å². The van der Waals surface area contributed by atoms with Crippen molar-refractivity contribution in [2.45, 2.75) is 20.2 Å². The molecule has 0 bridgehead atoms. The Balaban J connectivity index is 0.000000640. The molecule has 1 aromatic heterocycles. The number of rotatable bonds is 1. The third-order valence-electron chi connectivity index (χ3n) is 0.763. The number of nitrogens with one attached hydrogen (secondary N) is 1. The monoisotopic (exact) mass is 147 g/mol. The first-order valence-electron chi connectivity index (χ1n) is 2.27. The molecule has 3 nitrogen and oxygen atoms in total. The number of H-pyrrole nitrogens is 1. The van der Waals surface area contributed by atoms with Crippen LogP contribution in [-0.2, 0) is 5.88 Å². The topological polar surface area (TPSA) is 41.6 Å². The van der Waals surface area contributed by atoms with Gasteiger partial charge in [0.2, 0.25) is 0 Å². The van der Waals surface area contributed by atoms with Gasteiger partial charge in [-0.3, -0.25) is 5.10 Å². The SMILES string of the molecule is C.Cc1nc(CCl)n[nH]1. The molecule has 0 amide bonds. The maximum Gasteiger partial charge on any atom is 0.165 e. The molecule has 0 saturated carbocycles. The van der Waals surface area contributed by atoms with Crippen molar-refractivity contribution in [3.05, 3.63) is 11.6 Å². The Hall–Kier alpha value is -0.570. The summed E-state index contributed by atoms with van der Waals surface area (Å²) in [5.74, 6) is 1.84. The molecule has 0 atom stereocenters. The lowest BCUT2D eigenvalue weighted by molar-refractivity contribution is 1.01. The second kappa shape index (κ2) is 3.45. The minimum absolute atomic E-state index is 0. The highest BCUT2D eigenvalue weighted by Gasteiger charge is 1.93. The molecule has 1 aromatic rings. The van der Waals surface area contributed by atoms with Crippen molar-refractivity contribution in [3.8, 4) is 0 Å². The highest BCUT2D eigenvalue weighted by molar-refractivity contribution is 6.16. The van der Waals surface area contributed by atoms with Gasteiger partial charge >= 0.3 is 0 Å². The van der Waals surface area contributed by atoms with Crippen molar-refractivity contribution in [1.82, 2.24) is 15.2 Å². The number of alkyl halides is 1. The first-order chi connectivity index (χ1) is 3.83. The smallest absolute Gasteiger partial charge is 0.165 e. The van der Waals surface area contributed by atoms with Crippen LogP contribution < -0.4 is 0 Å². The van der Waals surface area contributed by atoms with E-state index in [1.165, 1.54) is 0 Å². The Kier molecular flexibility index (Phi) is 3.24. The lowest BCUT2D eigenvalue weighted by atomic mass is 10.7. The number of nitrogens with zero attached hydrogens (tertiary/aromatic N) is 2. The highest BCUT2D eigenvalue weighted by Crippen LogP contribution is 1.93. The van der Waals surface area contributed by atoms with Crippen LogP contribution in [0.15, 0.2) is 0 Å². The van der Waals surface area contributed by atoms with Crippen LogP contribution in [0.4, 0.5) is 0 Å². The summed E-state index contributed by atoms with van der Waals surface area (Å²) in [6.07, 6.45) is 0. The minimum atomic E-state index is 0. The van der Waals surface area contributed by atoms with E-state index >= 15 is 0 Å². The number of halogens is 1. The van der Waals surface area contributed by atoms with Crippen molar-refractivity contribution in [2.24, 2.45) is 0 Å². The number of aryl methyl sites for hydroxylation is 1. The average molecular weight is 148 g/mol. The minimum Gasteiger partial charge on any atom is -0.263 e. The molecule has 1 N–H and O–H groups in total. The third-order valence-corrected chi connectivity index (χ3v) is 1.00. The Bertz CT molecular complexity index is 172. The van der Waals surface area contributed by atoms with Crippen LogP contribution in [0.5, 0.6) is 0 Å². The van der Waals surface area contributed by atoms with E-state index in [4.69, 9.17) is 11.6 Å². The molecule has 0 radical (unpaired) electrons. The number of hydrogen-bond donors (Lipinski definition) is 1. The molecule has 0 fully saturated rings. The highest BCUT2D eigenvalue weighted by atomic mass is 35.5. The summed E-state index contributed by atoms with van der Waals surface area (Å²) in [5, 5.41) is 6.44. The van der Waals surface area contributed by atoms with Crippen molar-refractivity contribution in [3.63, 3.8) is 0 Å². The molecule has 0 aliphatic heterocycles. The second-order valence-electron chi connectivity index (χ2n) is 1.47. The lowest BCUT2D eigenvalue weighted by Crippen LogP contribution is -1.78. The van der Waals surface area contributed by atoms with Crippen LogP contribution in [0, 0.1) is 6.92 Å². The molecule has 0 saturated heterocycles. The van der Waals surface area contributed by atoms with Crippen LogP contribution in [0.1, 0.15) is 19.1 Å². The second-order valence-corrected chi connectivity index (χ2v) is 1.74. The zero-order valence-electron chi connectivity index (χ0n) is 4.48. The summed E-state index contributed by atoms with van der Waals surface area (Å²) in [5.41, 5.74) is 0. The van der Waals surface area contributed by atoms with E-state index in [2.05, 4.69) is 15.2 Å². The fourth-order valence-electron chi connectivity index (χ4n) is 0.449. The van der Waals surface area contributed by atoms with Crippen LogP contribution in [-0.4, -0.2) is 15.2 Å². The first kappa shape index (κ1) is 8.43. The average Bonchev–Trinajstić information content (AvgIpc) is 2.14. The lowest BCUT2D eigenvalue weighted by Gasteiger charge is -1.74. The van der Waals surface area contributed by atoms with E-state index < -0.39 is 0 Å². The Morgan fingerprint density at radius 3 is 2.56 bits per heavy atom. The maximum atomic E-state index is 5.40. The van der Waals surface area contributed by atoms with Gasteiger partial charge in [-0.15, -0.1) is 11.6 Å². The normalized spacial score (nSPS) is 8.67. The predicted octanol–water partition coefficient (Wildman–Crippen LogP) is 1.49. The largest absolute Gasteiger partial charge is 0.263 e. The number of hydrogen-bond acceptors (Lipinski definition) is 2. The summed E-state index contributed by atoms with van der Waals surface area (Å²) in [7, 11) is 0. The molecule has 4 heteroatoms. The van der Waals surface area contributed by atoms with Crippen LogP contribution >= 0.6 is 11.6 Å². The molecular weight excluding hydrogens is 138 g/mol. The van der Waals surface area contributed by atoms with Crippen molar-refractivity contribution in [2.75, 3.05) is 0 Å². The molecule has 0 unspecified atom stereocenters. The molecular formula is C5H10ClN3. The molecule has 52 valence electrons. The van der Waals surface area contributed by atoms with E-state index in [9.17, 15) is 0 Å². The third kappa shape index (κ3) is 2.01. The van der Waals surface area contributed by atoms with Gasteiger partial charge in [0.15, 0.2) is 5.82 Å². The van der Waals surface area contributed by atoms with E-state index in [-0.39, 0.29) is 7.43 Å². The van der Waals surface area contributed by atoms with Gasteiger partial charge in [0.25, 0.3) is 0 Å². The summed E-state index contributed by atoms with van der Waals surface area (Å²) < 4.78 is 0. The zero-order valence-corrected chi connectivity index (χ0v) is 5.24. The van der Waals surface area contributed by atoms with Gasteiger partial charge in [-0.05, 0) is 6.92 Å². The molecule has 1 heterocycles. The van der Waals surface area contributed by atoms with Gasteiger partial charge in [0.1, 0.15) is 5.82 Å². The molecule has 0 aliphatic carbocycles. The van der Waals surface area contributed by atoms with Crippen molar-refractivity contribution >= 4 is 11.6 Å². The number of aromatic amines is 1. The summed E-state index contributed by atoms with van der Waals surface area (Å²) in [4.78, 5) is 3.93. The summed E-state index contributed by atoms with van der Waals surface area (Å²) >= 11 is 5.40. The zero-order chi connectivity index (χ0) is 5.98. The van der Waals surface area contributed by atoms with E-state index in [1.54, 1.807) is 0 Å². The molecule has 0 aliphatic rings. The Morgan fingerprint density at radius 2 is 2.33 bits per heavy atom. The van der Waals surface area contributed by atoms with Gasteiger partial charge in [0.05, 0.1) is 5.88 Å².